The molecule has 98 valence electrons. The zero-order valence-electron chi connectivity index (χ0n) is 9.62. The first-order chi connectivity index (χ1) is 8.58. The Hall–Kier alpha value is -0.370. The number of halogens is 2. The van der Waals surface area contributed by atoms with Gasteiger partial charge in [-0.1, -0.05) is 11.6 Å². The summed E-state index contributed by atoms with van der Waals surface area (Å²) in [4.78, 5) is 11.9. The molecule has 1 aromatic rings. The highest BCUT2D eigenvalue weighted by atomic mass is 127. The first-order valence-corrected chi connectivity index (χ1v) is 7.15. The molecule has 18 heavy (non-hydrogen) atoms. The van der Waals surface area contributed by atoms with Crippen molar-refractivity contribution < 1.29 is 9.90 Å². The van der Waals surface area contributed by atoms with Crippen LogP contribution in [-0.2, 0) is 0 Å². The van der Waals surface area contributed by atoms with Crippen LogP contribution in [0.3, 0.4) is 0 Å². The minimum absolute atomic E-state index is 0.0836. The molecule has 3 N–H and O–H groups in total. The van der Waals surface area contributed by atoms with Crippen molar-refractivity contribution >= 4 is 40.1 Å². The Labute approximate surface area is 124 Å². The van der Waals surface area contributed by atoms with Crippen LogP contribution < -0.4 is 10.6 Å². The smallest absolute Gasteiger partial charge is 0.251 e. The fourth-order valence-corrected chi connectivity index (χ4v) is 2.52. The molecular formula is C12H14ClIN2O2. The van der Waals surface area contributed by atoms with Gasteiger partial charge in [-0.05, 0) is 40.8 Å². The third kappa shape index (κ3) is 3.34. The summed E-state index contributed by atoms with van der Waals surface area (Å²) in [5, 5.41) is 16.2. The summed E-state index contributed by atoms with van der Waals surface area (Å²) >= 11 is 8.00. The maximum atomic E-state index is 11.9. The molecule has 0 spiro atoms. The summed E-state index contributed by atoms with van der Waals surface area (Å²) < 4.78 is 0.851. The lowest BCUT2D eigenvalue weighted by molar-refractivity contribution is 0.0927. The average molecular weight is 381 g/mol. The van der Waals surface area contributed by atoms with Gasteiger partial charge in [0.15, 0.2) is 0 Å². The number of carbonyl (C=O) groups excluding carboxylic acids is 1. The SMILES string of the molecule is O=C(NCC1CNCC1O)c1ccc(Cl)c(I)c1. The molecule has 6 heteroatoms. The number of rotatable bonds is 3. The van der Waals surface area contributed by atoms with Gasteiger partial charge < -0.3 is 15.7 Å². The third-order valence-corrected chi connectivity index (χ3v) is 4.55. The van der Waals surface area contributed by atoms with Crippen LogP contribution in [0.1, 0.15) is 10.4 Å². The fraction of sp³-hybridized carbons (Fsp3) is 0.417. The van der Waals surface area contributed by atoms with Gasteiger partial charge in [0.1, 0.15) is 0 Å². The number of nitrogens with one attached hydrogen (secondary N) is 2. The van der Waals surface area contributed by atoms with E-state index in [2.05, 4.69) is 33.2 Å². The monoisotopic (exact) mass is 380 g/mol. The quantitative estimate of drug-likeness (QED) is 0.692. The summed E-state index contributed by atoms with van der Waals surface area (Å²) in [5.41, 5.74) is 0.587. The minimum Gasteiger partial charge on any atom is -0.391 e. The Kier molecular flexibility index (Phi) is 4.83. The highest BCUT2D eigenvalue weighted by molar-refractivity contribution is 14.1. The number of benzene rings is 1. The van der Waals surface area contributed by atoms with E-state index in [0.29, 0.717) is 23.7 Å². The number of carbonyl (C=O) groups is 1. The molecule has 0 aliphatic carbocycles. The van der Waals surface area contributed by atoms with Gasteiger partial charge in [-0.15, -0.1) is 0 Å². The maximum absolute atomic E-state index is 11.9. The van der Waals surface area contributed by atoms with E-state index in [0.717, 1.165) is 10.1 Å². The van der Waals surface area contributed by atoms with Crippen LogP contribution in [0.25, 0.3) is 0 Å². The summed E-state index contributed by atoms with van der Waals surface area (Å²) in [6, 6.07) is 5.16. The van der Waals surface area contributed by atoms with Gasteiger partial charge in [0, 0.05) is 34.7 Å². The van der Waals surface area contributed by atoms with Gasteiger partial charge in [0.05, 0.1) is 11.1 Å². The van der Waals surface area contributed by atoms with E-state index >= 15 is 0 Å². The number of amides is 1. The second-order valence-corrected chi connectivity index (χ2v) is 5.89. The second kappa shape index (κ2) is 6.18. The molecule has 1 fully saturated rings. The Bertz CT molecular complexity index is 456. The fourth-order valence-electron chi connectivity index (χ4n) is 1.89. The van der Waals surface area contributed by atoms with Crippen molar-refractivity contribution in [2.24, 2.45) is 5.92 Å². The molecule has 1 aliphatic heterocycles. The largest absolute Gasteiger partial charge is 0.391 e. The number of hydrogen-bond donors (Lipinski definition) is 3. The van der Waals surface area contributed by atoms with E-state index < -0.39 is 0 Å². The Morgan fingerprint density at radius 3 is 2.94 bits per heavy atom. The number of β-amino-alcohol motifs (C(OH)–C–C–N with tert-alkyl or cyclic N) is 1. The molecule has 0 bridgehead atoms. The van der Waals surface area contributed by atoms with Gasteiger partial charge >= 0.3 is 0 Å². The Balaban J connectivity index is 1.93. The molecule has 1 heterocycles. The van der Waals surface area contributed by atoms with E-state index in [1.807, 2.05) is 0 Å². The van der Waals surface area contributed by atoms with Crippen molar-refractivity contribution in [3.63, 3.8) is 0 Å². The molecule has 1 saturated heterocycles. The highest BCUT2D eigenvalue weighted by Gasteiger charge is 2.25. The number of aliphatic hydroxyl groups excluding tert-OH is 1. The topological polar surface area (TPSA) is 61.4 Å². The number of aliphatic hydroxyl groups is 1. The summed E-state index contributed by atoms with van der Waals surface area (Å²) in [7, 11) is 0. The van der Waals surface area contributed by atoms with E-state index in [4.69, 9.17) is 11.6 Å². The van der Waals surface area contributed by atoms with Crippen LogP contribution in [-0.4, -0.2) is 36.8 Å². The van der Waals surface area contributed by atoms with Crippen LogP contribution in [0, 0.1) is 9.49 Å². The van der Waals surface area contributed by atoms with Crippen molar-refractivity contribution in [1.29, 1.82) is 0 Å². The van der Waals surface area contributed by atoms with Crippen molar-refractivity contribution in [2.75, 3.05) is 19.6 Å². The molecule has 0 aromatic heterocycles. The average Bonchev–Trinajstić information content (AvgIpc) is 2.75. The standard InChI is InChI=1S/C12H14ClIN2O2/c13-9-2-1-7(3-10(9)14)12(18)16-5-8-4-15-6-11(8)17/h1-3,8,11,15,17H,4-6H2,(H,16,18). The molecule has 1 aliphatic rings. The Morgan fingerprint density at radius 1 is 1.56 bits per heavy atom. The van der Waals surface area contributed by atoms with Crippen molar-refractivity contribution in [2.45, 2.75) is 6.10 Å². The summed E-state index contributed by atoms with van der Waals surface area (Å²) in [6.45, 7) is 1.81. The Morgan fingerprint density at radius 2 is 2.33 bits per heavy atom. The highest BCUT2D eigenvalue weighted by Crippen LogP contribution is 2.19. The van der Waals surface area contributed by atoms with E-state index in [1.54, 1.807) is 18.2 Å². The van der Waals surface area contributed by atoms with Crippen molar-refractivity contribution in [3.8, 4) is 0 Å². The lowest BCUT2D eigenvalue weighted by atomic mass is 10.1. The maximum Gasteiger partial charge on any atom is 0.251 e. The zero-order valence-corrected chi connectivity index (χ0v) is 12.5. The molecule has 0 saturated carbocycles. The molecule has 4 nitrogen and oxygen atoms in total. The molecule has 2 atom stereocenters. The summed E-state index contributed by atoms with van der Waals surface area (Å²) in [6.07, 6.45) is -0.379. The normalized spacial score (nSPS) is 23.1. The predicted octanol–water partition coefficient (Wildman–Crippen LogP) is 1.25. The predicted molar refractivity (Wildman–Crippen MR) is 78.9 cm³/mol. The van der Waals surface area contributed by atoms with E-state index in [1.165, 1.54) is 0 Å². The van der Waals surface area contributed by atoms with Gasteiger partial charge in [-0.3, -0.25) is 4.79 Å². The summed E-state index contributed by atoms with van der Waals surface area (Å²) in [5.74, 6) is -0.0518. The van der Waals surface area contributed by atoms with Crippen molar-refractivity contribution in [1.82, 2.24) is 10.6 Å². The van der Waals surface area contributed by atoms with Crippen LogP contribution in [0.4, 0.5) is 0 Å². The minimum atomic E-state index is -0.379. The second-order valence-electron chi connectivity index (χ2n) is 4.32. The van der Waals surface area contributed by atoms with Crippen molar-refractivity contribution in [3.05, 3.63) is 32.4 Å². The van der Waals surface area contributed by atoms with Gasteiger partial charge in [-0.2, -0.15) is 0 Å². The lowest BCUT2D eigenvalue weighted by Gasteiger charge is -2.14. The molecule has 2 unspecified atom stereocenters. The number of hydrogen-bond acceptors (Lipinski definition) is 3. The van der Waals surface area contributed by atoms with Gasteiger partial charge in [0.2, 0.25) is 0 Å². The van der Waals surface area contributed by atoms with E-state index in [9.17, 15) is 9.90 Å². The van der Waals surface area contributed by atoms with Crippen LogP contribution in [0.5, 0.6) is 0 Å². The van der Waals surface area contributed by atoms with E-state index in [-0.39, 0.29) is 17.9 Å². The van der Waals surface area contributed by atoms with Crippen LogP contribution in [0.15, 0.2) is 18.2 Å². The molecular weight excluding hydrogens is 367 g/mol. The van der Waals surface area contributed by atoms with Crippen LogP contribution in [0.2, 0.25) is 5.02 Å². The first-order valence-electron chi connectivity index (χ1n) is 5.70. The van der Waals surface area contributed by atoms with Gasteiger partial charge in [0.25, 0.3) is 5.91 Å². The first kappa shape index (κ1) is 14.0. The zero-order chi connectivity index (χ0) is 13.1. The molecule has 0 radical (unpaired) electrons. The van der Waals surface area contributed by atoms with Crippen LogP contribution >= 0.6 is 34.2 Å². The lowest BCUT2D eigenvalue weighted by Crippen LogP contribution is -2.34. The molecule has 1 amide bonds. The van der Waals surface area contributed by atoms with Gasteiger partial charge in [-0.25, -0.2) is 0 Å². The molecule has 1 aromatic carbocycles. The molecule has 2 rings (SSSR count). The third-order valence-electron chi connectivity index (χ3n) is 3.01.